The third-order valence-electron chi connectivity index (χ3n) is 3.11. The number of fused-ring (bicyclic) bond motifs is 1. The van der Waals surface area contributed by atoms with Crippen LogP contribution in [0.2, 0.25) is 5.02 Å². The molecule has 0 fully saturated rings. The van der Waals surface area contributed by atoms with Crippen LogP contribution in [0.25, 0.3) is 10.9 Å². The number of halogens is 1. The summed E-state index contributed by atoms with van der Waals surface area (Å²) in [6.45, 7) is 2.89. The Hall–Kier alpha value is -1.52. The summed E-state index contributed by atoms with van der Waals surface area (Å²) in [6.07, 6.45) is 1.89. The van der Waals surface area contributed by atoms with Crippen molar-refractivity contribution in [3.63, 3.8) is 0 Å². The molecule has 0 saturated heterocycles. The predicted molar refractivity (Wildman–Crippen MR) is 76.5 cm³/mol. The standard InChI is InChI=1S/C14H17ClN2O2/c1-10(14(18)16-7-9-19-2)17-8-6-11-12(15)4-3-5-13(11)17/h3-6,8,10H,7,9H2,1-2H3,(H,16,18). The van der Waals surface area contributed by atoms with E-state index in [-0.39, 0.29) is 11.9 Å². The number of aromatic nitrogens is 1. The molecule has 0 aliphatic rings. The van der Waals surface area contributed by atoms with Crippen molar-refractivity contribution in [2.24, 2.45) is 0 Å². The van der Waals surface area contributed by atoms with Gasteiger partial charge < -0.3 is 14.6 Å². The van der Waals surface area contributed by atoms with Gasteiger partial charge in [0.1, 0.15) is 6.04 Å². The van der Waals surface area contributed by atoms with Gasteiger partial charge in [-0.3, -0.25) is 4.79 Å². The molecule has 2 rings (SSSR count). The number of amides is 1. The van der Waals surface area contributed by atoms with Crippen molar-refractivity contribution in [3.8, 4) is 0 Å². The molecule has 1 unspecified atom stereocenters. The normalized spacial score (nSPS) is 12.6. The fourth-order valence-electron chi connectivity index (χ4n) is 2.04. The third-order valence-corrected chi connectivity index (χ3v) is 3.44. The monoisotopic (exact) mass is 280 g/mol. The van der Waals surface area contributed by atoms with E-state index in [1.165, 1.54) is 0 Å². The van der Waals surface area contributed by atoms with E-state index in [1.807, 2.05) is 42.0 Å². The smallest absolute Gasteiger partial charge is 0.242 e. The second-order valence-electron chi connectivity index (χ2n) is 4.36. The van der Waals surface area contributed by atoms with E-state index in [1.54, 1.807) is 7.11 Å². The summed E-state index contributed by atoms with van der Waals surface area (Å²) in [6, 6.07) is 7.33. The van der Waals surface area contributed by atoms with Gasteiger partial charge in [0, 0.05) is 30.3 Å². The number of carbonyl (C=O) groups is 1. The van der Waals surface area contributed by atoms with E-state index in [4.69, 9.17) is 16.3 Å². The summed E-state index contributed by atoms with van der Waals surface area (Å²) in [7, 11) is 1.61. The van der Waals surface area contributed by atoms with Gasteiger partial charge in [0.05, 0.1) is 12.1 Å². The first kappa shape index (κ1) is 13.9. The number of hydrogen-bond acceptors (Lipinski definition) is 2. The lowest BCUT2D eigenvalue weighted by atomic mass is 10.2. The van der Waals surface area contributed by atoms with Gasteiger partial charge in [-0.1, -0.05) is 17.7 Å². The van der Waals surface area contributed by atoms with Crippen molar-refractivity contribution in [3.05, 3.63) is 35.5 Å². The Morgan fingerprint density at radius 1 is 1.47 bits per heavy atom. The molecule has 1 N–H and O–H groups in total. The number of carbonyl (C=O) groups excluding carboxylic acids is 1. The minimum atomic E-state index is -0.284. The number of nitrogens with zero attached hydrogens (tertiary/aromatic N) is 1. The Balaban J connectivity index is 2.19. The van der Waals surface area contributed by atoms with Crippen molar-refractivity contribution in [1.82, 2.24) is 9.88 Å². The molecule has 5 heteroatoms. The molecule has 1 heterocycles. The van der Waals surface area contributed by atoms with Crippen LogP contribution < -0.4 is 5.32 Å². The highest BCUT2D eigenvalue weighted by Gasteiger charge is 2.16. The van der Waals surface area contributed by atoms with Crippen molar-refractivity contribution in [2.75, 3.05) is 20.3 Å². The molecular formula is C14H17ClN2O2. The number of nitrogens with one attached hydrogen (secondary N) is 1. The maximum absolute atomic E-state index is 12.0. The summed E-state index contributed by atoms with van der Waals surface area (Å²) >= 11 is 6.13. The van der Waals surface area contributed by atoms with Crippen molar-refractivity contribution < 1.29 is 9.53 Å². The zero-order valence-corrected chi connectivity index (χ0v) is 11.8. The van der Waals surface area contributed by atoms with Gasteiger partial charge in [0.2, 0.25) is 5.91 Å². The molecule has 1 atom stereocenters. The minimum absolute atomic E-state index is 0.0328. The molecule has 0 bridgehead atoms. The first-order valence-corrected chi connectivity index (χ1v) is 6.54. The summed E-state index contributed by atoms with van der Waals surface area (Å²) in [4.78, 5) is 12.0. The van der Waals surface area contributed by atoms with Gasteiger partial charge in [-0.2, -0.15) is 0 Å². The largest absolute Gasteiger partial charge is 0.383 e. The van der Waals surface area contributed by atoms with Gasteiger partial charge in [-0.25, -0.2) is 0 Å². The quantitative estimate of drug-likeness (QED) is 0.856. The number of rotatable bonds is 5. The zero-order valence-electron chi connectivity index (χ0n) is 11.0. The van der Waals surface area contributed by atoms with E-state index >= 15 is 0 Å². The predicted octanol–water partition coefficient (Wildman–Crippen LogP) is 2.62. The molecule has 1 aromatic heterocycles. The maximum Gasteiger partial charge on any atom is 0.242 e. The van der Waals surface area contributed by atoms with E-state index in [9.17, 15) is 4.79 Å². The van der Waals surface area contributed by atoms with Crippen LogP contribution in [0, 0.1) is 0 Å². The van der Waals surface area contributed by atoms with Crippen LogP contribution in [0.4, 0.5) is 0 Å². The Morgan fingerprint density at radius 2 is 2.26 bits per heavy atom. The van der Waals surface area contributed by atoms with Crippen LogP contribution in [-0.4, -0.2) is 30.7 Å². The summed E-state index contributed by atoms with van der Waals surface area (Å²) in [5.41, 5.74) is 0.960. The minimum Gasteiger partial charge on any atom is -0.383 e. The maximum atomic E-state index is 12.0. The Labute approximate surface area is 117 Å². The van der Waals surface area contributed by atoms with Crippen molar-refractivity contribution >= 4 is 28.4 Å². The lowest BCUT2D eigenvalue weighted by Gasteiger charge is -2.15. The average molecular weight is 281 g/mol. The second kappa shape index (κ2) is 6.08. The number of methoxy groups -OCH3 is 1. The molecule has 19 heavy (non-hydrogen) atoms. The third kappa shape index (κ3) is 2.91. The first-order valence-electron chi connectivity index (χ1n) is 6.17. The molecule has 2 aromatic rings. The van der Waals surface area contributed by atoms with E-state index in [0.717, 1.165) is 10.9 Å². The SMILES string of the molecule is COCCNC(=O)C(C)n1ccc2c(Cl)cccc21. The van der Waals surface area contributed by atoms with Gasteiger partial charge in [0.15, 0.2) is 0 Å². The molecule has 0 radical (unpaired) electrons. The molecule has 0 spiro atoms. The molecule has 1 aromatic carbocycles. The summed E-state index contributed by atoms with van der Waals surface area (Å²) in [5, 5.41) is 4.49. The lowest BCUT2D eigenvalue weighted by molar-refractivity contribution is -0.123. The van der Waals surface area contributed by atoms with E-state index in [2.05, 4.69) is 5.32 Å². The highest BCUT2D eigenvalue weighted by molar-refractivity contribution is 6.35. The highest BCUT2D eigenvalue weighted by Crippen LogP contribution is 2.26. The first-order chi connectivity index (χ1) is 9.15. The van der Waals surface area contributed by atoms with Gasteiger partial charge in [-0.05, 0) is 25.1 Å². The van der Waals surface area contributed by atoms with Crippen LogP contribution in [-0.2, 0) is 9.53 Å². The molecule has 102 valence electrons. The van der Waals surface area contributed by atoms with Gasteiger partial charge in [0.25, 0.3) is 0 Å². The highest BCUT2D eigenvalue weighted by atomic mass is 35.5. The number of benzene rings is 1. The van der Waals surface area contributed by atoms with Crippen LogP contribution in [0.3, 0.4) is 0 Å². The summed E-state index contributed by atoms with van der Waals surface area (Å²) in [5.74, 6) is -0.0328. The molecule has 0 aliphatic heterocycles. The van der Waals surface area contributed by atoms with Crippen LogP contribution in [0.1, 0.15) is 13.0 Å². The number of ether oxygens (including phenoxy) is 1. The summed E-state index contributed by atoms with van der Waals surface area (Å²) < 4.78 is 6.83. The fraction of sp³-hybridized carbons (Fsp3) is 0.357. The number of hydrogen-bond donors (Lipinski definition) is 1. The van der Waals surface area contributed by atoms with Gasteiger partial charge in [-0.15, -0.1) is 0 Å². The van der Waals surface area contributed by atoms with Crippen molar-refractivity contribution in [1.29, 1.82) is 0 Å². The molecular weight excluding hydrogens is 264 g/mol. The topological polar surface area (TPSA) is 43.3 Å². The van der Waals surface area contributed by atoms with Crippen LogP contribution >= 0.6 is 11.6 Å². The Bertz CT molecular complexity index is 580. The van der Waals surface area contributed by atoms with E-state index in [0.29, 0.717) is 18.2 Å². The van der Waals surface area contributed by atoms with Crippen LogP contribution in [0.15, 0.2) is 30.5 Å². The molecule has 0 aliphatic carbocycles. The second-order valence-corrected chi connectivity index (χ2v) is 4.76. The van der Waals surface area contributed by atoms with Gasteiger partial charge >= 0.3 is 0 Å². The van der Waals surface area contributed by atoms with E-state index < -0.39 is 0 Å². The van der Waals surface area contributed by atoms with Crippen molar-refractivity contribution in [2.45, 2.75) is 13.0 Å². The molecule has 0 saturated carbocycles. The molecule has 4 nitrogen and oxygen atoms in total. The fourth-order valence-corrected chi connectivity index (χ4v) is 2.27. The Morgan fingerprint density at radius 3 is 3.00 bits per heavy atom. The average Bonchev–Trinajstić information content (AvgIpc) is 2.83. The lowest BCUT2D eigenvalue weighted by Crippen LogP contribution is -2.33. The Kier molecular flexibility index (Phi) is 4.45. The zero-order chi connectivity index (χ0) is 13.8. The van der Waals surface area contributed by atoms with Crippen LogP contribution in [0.5, 0.6) is 0 Å². The molecule has 1 amide bonds.